The van der Waals surface area contributed by atoms with Gasteiger partial charge in [0.05, 0.1) is 0 Å². The quantitative estimate of drug-likeness (QED) is 0.345. The predicted molar refractivity (Wildman–Crippen MR) is 61.8 cm³/mol. The second kappa shape index (κ2) is 6.38. The van der Waals surface area contributed by atoms with Crippen LogP contribution in [0.4, 0.5) is 0 Å². The maximum atomic E-state index is 11.0. The molecule has 0 aliphatic heterocycles. The summed E-state index contributed by atoms with van der Waals surface area (Å²) in [5, 5.41) is 0. The van der Waals surface area contributed by atoms with Gasteiger partial charge in [0, 0.05) is 0 Å². The van der Waals surface area contributed by atoms with Crippen molar-refractivity contribution in [3.63, 3.8) is 0 Å². The van der Waals surface area contributed by atoms with Gasteiger partial charge < -0.3 is 0 Å². The van der Waals surface area contributed by atoms with E-state index in [1.54, 1.807) is 12.1 Å². The Morgan fingerprint density at radius 1 is 1.19 bits per heavy atom. The average molecular weight is 447 g/mol. The van der Waals surface area contributed by atoms with Gasteiger partial charge in [0.25, 0.3) is 0 Å². The standard InChI is InChI=1S/C10H9I2O4/c1-6(13)15-9-5-3-4-8(12-11)10(9)16-7(2)14/h3-5H,1-2H3/q-1. The number of carbonyl (C=O) groups is 2. The topological polar surface area (TPSA) is 52.6 Å². The van der Waals surface area contributed by atoms with Gasteiger partial charge in [-0.3, -0.25) is 0 Å². The molecule has 6 heteroatoms. The van der Waals surface area contributed by atoms with Crippen molar-refractivity contribution in [3.8, 4) is 11.5 Å². The van der Waals surface area contributed by atoms with E-state index in [0.29, 0.717) is 11.5 Å². The van der Waals surface area contributed by atoms with Crippen LogP contribution >= 0.6 is 18.6 Å². The number of esters is 2. The Hall–Kier alpha value is -0.380. The maximum absolute atomic E-state index is 11.0. The Labute approximate surface area is 113 Å². The van der Waals surface area contributed by atoms with Gasteiger partial charge in [-0.1, -0.05) is 0 Å². The van der Waals surface area contributed by atoms with Gasteiger partial charge in [-0.25, -0.2) is 0 Å². The number of halogens is 2. The average Bonchev–Trinajstić information content (AvgIpc) is 2.19. The van der Waals surface area contributed by atoms with Crippen LogP contribution in [0.1, 0.15) is 13.8 Å². The summed E-state index contributed by atoms with van der Waals surface area (Å²) in [7, 11) is 0. The van der Waals surface area contributed by atoms with Crippen molar-refractivity contribution in [1.29, 1.82) is 0 Å². The fourth-order valence-electron chi connectivity index (χ4n) is 1.02. The molecule has 88 valence electrons. The van der Waals surface area contributed by atoms with Gasteiger partial charge in [0.2, 0.25) is 0 Å². The van der Waals surface area contributed by atoms with Gasteiger partial charge in [0.1, 0.15) is 0 Å². The summed E-state index contributed by atoms with van der Waals surface area (Å²) in [4.78, 5) is 21.9. The van der Waals surface area contributed by atoms with Crippen LogP contribution in [0.2, 0.25) is 0 Å². The molecule has 0 unspecified atom stereocenters. The molecule has 1 aromatic rings. The van der Waals surface area contributed by atoms with Crippen LogP contribution in [-0.2, 0) is 9.59 Å². The first-order valence-electron chi connectivity index (χ1n) is 4.30. The molecule has 1 aromatic carbocycles. The minimum absolute atomic E-state index is 0.286. The summed E-state index contributed by atoms with van der Waals surface area (Å²) in [6.45, 7) is 2.63. The van der Waals surface area contributed by atoms with E-state index >= 15 is 0 Å². The molecule has 0 aromatic heterocycles. The van der Waals surface area contributed by atoms with E-state index in [9.17, 15) is 9.59 Å². The van der Waals surface area contributed by atoms with Gasteiger partial charge in [-0.15, -0.1) is 0 Å². The first kappa shape index (κ1) is 13.7. The number of ether oxygens (including phenoxy) is 2. The Balaban J connectivity index is 3.14. The van der Waals surface area contributed by atoms with E-state index in [-0.39, 0.29) is 17.2 Å². The molecule has 0 heterocycles. The summed E-state index contributed by atoms with van der Waals surface area (Å²) >= 11 is 1.97. The molecule has 0 aliphatic carbocycles. The van der Waals surface area contributed by atoms with Crippen molar-refractivity contribution in [2.45, 2.75) is 13.8 Å². The fraction of sp³-hybridized carbons (Fsp3) is 0.200. The third-order valence-electron chi connectivity index (χ3n) is 1.51. The van der Waals surface area contributed by atoms with Crippen molar-refractivity contribution in [2.24, 2.45) is 0 Å². The molecule has 4 nitrogen and oxygen atoms in total. The van der Waals surface area contributed by atoms with Crippen LogP contribution < -0.4 is 26.7 Å². The number of carbonyl (C=O) groups excluding carboxylic acids is 2. The van der Waals surface area contributed by atoms with Crippen molar-refractivity contribution in [2.75, 3.05) is 0 Å². The molecule has 0 N–H and O–H groups in total. The van der Waals surface area contributed by atoms with E-state index in [2.05, 4.69) is 18.6 Å². The summed E-state index contributed by atoms with van der Waals surface area (Å²) in [6.07, 6.45) is 0. The van der Waals surface area contributed by atoms with Crippen LogP contribution in [0.5, 0.6) is 11.5 Å². The molecule has 0 fully saturated rings. The number of para-hydroxylation sites is 1. The number of rotatable bonds is 3. The normalized spacial score (nSPS) is 9.94. The SMILES string of the molecule is CC(=O)Oc1cccc([I-]I)c1OC(C)=O. The zero-order chi connectivity index (χ0) is 12.1. The molecule has 0 bridgehead atoms. The molecule has 0 spiro atoms. The number of hydrogen-bond acceptors (Lipinski definition) is 4. The molecule has 1 rings (SSSR count). The third-order valence-corrected chi connectivity index (χ3v) is 5.74. The second-order valence-electron chi connectivity index (χ2n) is 2.83. The molecular formula is C10H9I2O4-. The molecule has 16 heavy (non-hydrogen) atoms. The zero-order valence-electron chi connectivity index (χ0n) is 8.62. The monoisotopic (exact) mass is 447 g/mol. The zero-order valence-corrected chi connectivity index (χ0v) is 12.9. The van der Waals surface area contributed by atoms with E-state index in [0.717, 1.165) is 3.57 Å². The van der Waals surface area contributed by atoms with Gasteiger partial charge in [-0.05, 0) is 0 Å². The molecule has 0 radical (unpaired) electrons. The van der Waals surface area contributed by atoms with E-state index in [1.807, 2.05) is 6.07 Å². The van der Waals surface area contributed by atoms with Crippen LogP contribution in [-0.4, -0.2) is 11.9 Å². The summed E-state index contributed by atoms with van der Waals surface area (Å²) in [5.74, 6) is -0.184. The molecule has 0 atom stereocenters. The van der Waals surface area contributed by atoms with Crippen molar-refractivity contribution in [1.82, 2.24) is 0 Å². The first-order valence-corrected chi connectivity index (χ1v) is 11.7. The van der Waals surface area contributed by atoms with Crippen LogP contribution in [0.25, 0.3) is 0 Å². The fourth-order valence-corrected chi connectivity index (χ4v) is 4.08. The third kappa shape index (κ3) is 3.89. The van der Waals surface area contributed by atoms with Gasteiger partial charge >= 0.3 is 114 Å². The van der Waals surface area contributed by atoms with Crippen LogP contribution in [0, 0.1) is 3.57 Å². The molecule has 0 saturated carbocycles. The molecular weight excluding hydrogens is 438 g/mol. The van der Waals surface area contributed by atoms with E-state index in [1.165, 1.54) is 13.8 Å². The number of hydrogen-bond donors (Lipinski definition) is 0. The summed E-state index contributed by atoms with van der Waals surface area (Å²) in [6, 6.07) is 5.25. The minimum atomic E-state index is -0.433. The molecule has 0 aliphatic rings. The van der Waals surface area contributed by atoms with Crippen LogP contribution in [0.15, 0.2) is 18.2 Å². The van der Waals surface area contributed by atoms with E-state index in [4.69, 9.17) is 9.47 Å². The Morgan fingerprint density at radius 2 is 1.81 bits per heavy atom. The second-order valence-corrected chi connectivity index (χ2v) is 7.13. The van der Waals surface area contributed by atoms with Gasteiger partial charge in [-0.2, -0.15) is 0 Å². The predicted octanol–water partition coefficient (Wildman–Crippen LogP) is -0.854. The molecule has 0 amide bonds. The van der Waals surface area contributed by atoms with Crippen LogP contribution in [0.3, 0.4) is 0 Å². The Morgan fingerprint density at radius 3 is 2.31 bits per heavy atom. The van der Waals surface area contributed by atoms with Crippen molar-refractivity contribution < 1.29 is 36.3 Å². The Kier molecular flexibility index (Phi) is 5.46. The first-order chi connectivity index (χ1) is 7.54. The summed E-state index contributed by atoms with van der Waals surface area (Å²) in [5.41, 5.74) is 0. The van der Waals surface area contributed by atoms with E-state index < -0.39 is 11.9 Å². The summed E-state index contributed by atoms with van der Waals surface area (Å²) < 4.78 is 11.0. The van der Waals surface area contributed by atoms with Crippen molar-refractivity contribution >= 4 is 30.6 Å². The van der Waals surface area contributed by atoms with Gasteiger partial charge in [0.15, 0.2) is 0 Å². The number of benzene rings is 1. The Bertz CT molecular complexity index is 417. The molecule has 0 saturated heterocycles. The van der Waals surface area contributed by atoms with Crippen molar-refractivity contribution in [3.05, 3.63) is 21.8 Å².